The molecular formula is C22H22FN3O. The Kier molecular flexibility index (Phi) is 4.92. The molecule has 138 valence electrons. The van der Waals surface area contributed by atoms with Gasteiger partial charge in [-0.05, 0) is 54.3 Å². The third-order valence-electron chi connectivity index (χ3n) is 5.07. The minimum absolute atomic E-state index is 0.122. The summed E-state index contributed by atoms with van der Waals surface area (Å²) in [5, 5.41) is 3.04. The molecule has 1 aromatic heterocycles. The van der Waals surface area contributed by atoms with Crippen LogP contribution in [0.1, 0.15) is 23.3 Å². The van der Waals surface area contributed by atoms with E-state index in [2.05, 4.69) is 27.3 Å². The highest BCUT2D eigenvalue weighted by molar-refractivity contribution is 5.94. The van der Waals surface area contributed by atoms with E-state index < -0.39 is 0 Å². The first-order chi connectivity index (χ1) is 13.2. The zero-order valence-electron chi connectivity index (χ0n) is 15.0. The molecule has 2 N–H and O–H groups in total. The molecule has 4 rings (SSSR count). The predicted octanol–water partition coefficient (Wildman–Crippen LogP) is 4.22. The molecule has 5 heteroatoms. The van der Waals surface area contributed by atoms with Crippen molar-refractivity contribution in [1.29, 1.82) is 0 Å². The van der Waals surface area contributed by atoms with Gasteiger partial charge in [0.05, 0.1) is 0 Å². The number of nitrogens with zero attached hydrogens (tertiary/aromatic N) is 1. The quantitative estimate of drug-likeness (QED) is 0.713. The number of amides is 1. The number of carbonyl (C=O) groups excluding carboxylic acids is 1. The maximum atomic E-state index is 13.1. The van der Waals surface area contributed by atoms with Crippen LogP contribution in [0.4, 0.5) is 10.1 Å². The third kappa shape index (κ3) is 3.87. The van der Waals surface area contributed by atoms with Crippen molar-refractivity contribution in [2.24, 2.45) is 0 Å². The third-order valence-corrected chi connectivity index (χ3v) is 5.07. The summed E-state index contributed by atoms with van der Waals surface area (Å²) in [6, 6.07) is 18.7. The largest absolute Gasteiger partial charge is 0.367 e. The molecule has 2 aromatic carbocycles. The summed E-state index contributed by atoms with van der Waals surface area (Å²) in [6.45, 7) is 1.63. The highest BCUT2D eigenvalue weighted by Gasteiger charge is 2.25. The van der Waals surface area contributed by atoms with Crippen molar-refractivity contribution in [2.45, 2.75) is 18.9 Å². The lowest BCUT2D eigenvalue weighted by Gasteiger charge is -2.27. The fourth-order valence-corrected chi connectivity index (χ4v) is 3.65. The van der Waals surface area contributed by atoms with E-state index in [1.54, 1.807) is 24.4 Å². The monoisotopic (exact) mass is 363 g/mol. The molecule has 0 radical (unpaired) electrons. The van der Waals surface area contributed by atoms with Crippen molar-refractivity contribution in [2.75, 3.05) is 18.0 Å². The summed E-state index contributed by atoms with van der Waals surface area (Å²) in [5.41, 5.74) is 3.45. The van der Waals surface area contributed by atoms with Gasteiger partial charge in [-0.2, -0.15) is 0 Å². The molecule has 3 aromatic rings. The molecule has 2 heterocycles. The maximum absolute atomic E-state index is 13.1. The number of carbonyl (C=O) groups is 1. The van der Waals surface area contributed by atoms with Crippen LogP contribution in [0.25, 0.3) is 11.1 Å². The molecule has 1 atom stereocenters. The number of benzene rings is 2. The molecule has 4 nitrogen and oxygen atoms in total. The van der Waals surface area contributed by atoms with E-state index in [9.17, 15) is 9.18 Å². The summed E-state index contributed by atoms with van der Waals surface area (Å²) in [6.07, 6.45) is 3.97. The summed E-state index contributed by atoms with van der Waals surface area (Å²) in [4.78, 5) is 17.9. The SMILES string of the molecule is O=C(NCC1CCCN1c1ccccc1)c1cc(-c2ccc(F)cc2)c[nH]1. The number of hydrogen-bond acceptors (Lipinski definition) is 2. The van der Waals surface area contributed by atoms with Crippen LogP contribution in [0, 0.1) is 5.82 Å². The average Bonchev–Trinajstić information content (AvgIpc) is 3.37. The molecule has 0 aliphatic carbocycles. The number of para-hydroxylation sites is 1. The van der Waals surface area contributed by atoms with Crippen LogP contribution >= 0.6 is 0 Å². The smallest absolute Gasteiger partial charge is 0.267 e. The highest BCUT2D eigenvalue weighted by atomic mass is 19.1. The molecule has 1 unspecified atom stereocenters. The number of rotatable bonds is 5. The van der Waals surface area contributed by atoms with Gasteiger partial charge in [0.2, 0.25) is 0 Å². The molecule has 0 saturated carbocycles. The van der Waals surface area contributed by atoms with Gasteiger partial charge in [0.25, 0.3) is 5.91 Å². The van der Waals surface area contributed by atoms with E-state index in [1.807, 2.05) is 18.2 Å². The predicted molar refractivity (Wildman–Crippen MR) is 105 cm³/mol. The Morgan fingerprint density at radius 2 is 1.89 bits per heavy atom. The Morgan fingerprint density at radius 3 is 2.67 bits per heavy atom. The van der Waals surface area contributed by atoms with E-state index in [1.165, 1.54) is 17.8 Å². The Morgan fingerprint density at radius 1 is 1.11 bits per heavy atom. The fourth-order valence-electron chi connectivity index (χ4n) is 3.65. The molecule has 1 amide bonds. The molecule has 27 heavy (non-hydrogen) atoms. The summed E-state index contributed by atoms with van der Waals surface area (Å²) < 4.78 is 13.1. The first-order valence-corrected chi connectivity index (χ1v) is 9.25. The van der Waals surface area contributed by atoms with E-state index in [0.29, 0.717) is 18.3 Å². The second-order valence-electron chi connectivity index (χ2n) is 6.84. The molecule has 1 saturated heterocycles. The van der Waals surface area contributed by atoms with Gasteiger partial charge < -0.3 is 15.2 Å². The van der Waals surface area contributed by atoms with Crippen molar-refractivity contribution in [3.63, 3.8) is 0 Å². The van der Waals surface area contributed by atoms with E-state index in [-0.39, 0.29) is 11.7 Å². The minimum Gasteiger partial charge on any atom is -0.367 e. The lowest BCUT2D eigenvalue weighted by atomic mass is 10.1. The normalized spacial score (nSPS) is 16.5. The van der Waals surface area contributed by atoms with Crippen LogP contribution in [0.5, 0.6) is 0 Å². The van der Waals surface area contributed by atoms with Crippen LogP contribution in [0.3, 0.4) is 0 Å². The van der Waals surface area contributed by atoms with Crippen LogP contribution in [-0.4, -0.2) is 30.0 Å². The van der Waals surface area contributed by atoms with Gasteiger partial charge >= 0.3 is 0 Å². The van der Waals surface area contributed by atoms with Gasteiger partial charge in [0, 0.05) is 31.0 Å². The lowest BCUT2D eigenvalue weighted by molar-refractivity contribution is 0.0947. The summed E-state index contributed by atoms with van der Waals surface area (Å²) in [5.74, 6) is -0.393. The van der Waals surface area contributed by atoms with Gasteiger partial charge in [0.15, 0.2) is 0 Å². The number of aromatic nitrogens is 1. The van der Waals surface area contributed by atoms with Gasteiger partial charge in [0.1, 0.15) is 11.5 Å². The zero-order chi connectivity index (χ0) is 18.6. The summed E-state index contributed by atoms with van der Waals surface area (Å²) in [7, 11) is 0. The number of halogens is 1. The molecule has 1 aliphatic heterocycles. The topological polar surface area (TPSA) is 48.1 Å². The van der Waals surface area contributed by atoms with Gasteiger partial charge in [-0.15, -0.1) is 0 Å². The average molecular weight is 363 g/mol. The van der Waals surface area contributed by atoms with E-state index >= 15 is 0 Å². The Balaban J connectivity index is 1.39. The first-order valence-electron chi connectivity index (χ1n) is 9.25. The Labute approximate surface area is 158 Å². The van der Waals surface area contributed by atoms with E-state index in [4.69, 9.17) is 0 Å². The van der Waals surface area contributed by atoms with Gasteiger partial charge in [-0.1, -0.05) is 30.3 Å². The van der Waals surface area contributed by atoms with Crippen molar-refractivity contribution in [1.82, 2.24) is 10.3 Å². The fraction of sp³-hybridized carbons (Fsp3) is 0.227. The Hall–Kier alpha value is -3.08. The second-order valence-corrected chi connectivity index (χ2v) is 6.84. The second kappa shape index (κ2) is 7.66. The Bertz CT molecular complexity index is 905. The van der Waals surface area contributed by atoms with Gasteiger partial charge in [-0.25, -0.2) is 4.39 Å². The zero-order valence-corrected chi connectivity index (χ0v) is 15.0. The molecule has 1 fully saturated rings. The number of H-pyrrole nitrogens is 1. The molecule has 0 bridgehead atoms. The number of anilines is 1. The number of nitrogens with one attached hydrogen (secondary N) is 2. The van der Waals surface area contributed by atoms with Gasteiger partial charge in [-0.3, -0.25) is 4.79 Å². The van der Waals surface area contributed by atoms with Crippen molar-refractivity contribution in [3.8, 4) is 11.1 Å². The molecular weight excluding hydrogens is 341 g/mol. The van der Waals surface area contributed by atoms with E-state index in [0.717, 1.165) is 30.5 Å². The van der Waals surface area contributed by atoms with Crippen LogP contribution in [0.15, 0.2) is 66.9 Å². The van der Waals surface area contributed by atoms with Crippen molar-refractivity contribution < 1.29 is 9.18 Å². The van der Waals surface area contributed by atoms with Crippen molar-refractivity contribution in [3.05, 3.63) is 78.4 Å². The van der Waals surface area contributed by atoms with Crippen LogP contribution < -0.4 is 10.2 Å². The maximum Gasteiger partial charge on any atom is 0.267 e. The standard InChI is InChI=1S/C22H22FN3O/c23-18-10-8-16(9-11-18)17-13-21(24-14-17)22(27)25-15-20-7-4-12-26(20)19-5-2-1-3-6-19/h1-3,5-6,8-11,13-14,20,24H,4,7,12,15H2,(H,25,27). The van der Waals surface area contributed by atoms with Crippen molar-refractivity contribution >= 4 is 11.6 Å². The van der Waals surface area contributed by atoms with Crippen LogP contribution in [0.2, 0.25) is 0 Å². The molecule has 1 aliphatic rings. The minimum atomic E-state index is -0.271. The number of aromatic amines is 1. The lowest BCUT2D eigenvalue weighted by Crippen LogP contribution is -2.40. The van der Waals surface area contributed by atoms with Crippen LogP contribution in [-0.2, 0) is 0 Å². The molecule has 0 spiro atoms. The summed E-state index contributed by atoms with van der Waals surface area (Å²) >= 11 is 0. The number of hydrogen-bond donors (Lipinski definition) is 2. The first kappa shape index (κ1) is 17.3. The highest BCUT2D eigenvalue weighted by Crippen LogP contribution is 2.25.